The first-order valence-corrected chi connectivity index (χ1v) is 8.16. The van der Waals surface area contributed by atoms with E-state index < -0.39 is 4.92 Å². The summed E-state index contributed by atoms with van der Waals surface area (Å²) < 4.78 is 0. The Hall–Kier alpha value is -3.24. The van der Waals surface area contributed by atoms with Crippen molar-refractivity contribution in [1.82, 2.24) is 9.97 Å². The molecule has 0 spiro atoms. The molecule has 122 valence electrons. The smallest absolute Gasteiger partial charge is 0.258 e. The number of nitro benzene ring substituents is 1. The minimum atomic E-state index is -0.452. The fraction of sp³-hybridized carbons (Fsp3) is 0.0556. The highest BCUT2D eigenvalue weighted by molar-refractivity contribution is 8.08. The number of nitriles is 1. The van der Waals surface area contributed by atoms with Gasteiger partial charge >= 0.3 is 0 Å². The maximum Gasteiger partial charge on any atom is 0.269 e. The van der Waals surface area contributed by atoms with Gasteiger partial charge in [-0.15, -0.1) is 0 Å². The normalized spacial score (nSPS) is 11.3. The number of nitrogens with zero attached hydrogens (tertiary/aromatic N) is 4. The van der Waals surface area contributed by atoms with E-state index in [0.717, 1.165) is 21.5 Å². The van der Waals surface area contributed by atoms with Gasteiger partial charge in [0.1, 0.15) is 10.9 Å². The molecule has 0 bridgehead atoms. The van der Waals surface area contributed by atoms with Gasteiger partial charge < -0.3 is 0 Å². The molecular formula is C18H12N4O2S. The number of aromatic nitrogens is 2. The summed E-state index contributed by atoms with van der Waals surface area (Å²) in [7, 11) is 0. The van der Waals surface area contributed by atoms with E-state index in [9.17, 15) is 10.1 Å². The molecule has 0 aliphatic rings. The molecule has 0 N–H and O–H groups in total. The Morgan fingerprint density at radius 1 is 1.20 bits per heavy atom. The Morgan fingerprint density at radius 3 is 2.60 bits per heavy atom. The minimum absolute atomic E-state index is 0.00777. The van der Waals surface area contributed by atoms with Gasteiger partial charge in [-0.2, -0.15) is 5.26 Å². The third kappa shape index (κ3) is 3.65. The number of thioether (sulfide) groups is 1. The van der Waals surface area contributed by atoms with Gasteiger partial charge in [-0.25, -0.2) is 9.97 Å². The molecule has 3 aromatic rings. The van der Waals surface area contributed by atoms with Crippen molar-refractivity contribution in [3.8, 4) is 6.07 Å². The number of nitro groups is 1. The van der Waals surface area contributed by atoms with E-state index in [1.54, 1.807) is 12.1 Å². The van der Waals surface area contributed by atoms with Crippen LogP contribution in [0.3, 0.4) is 0 Å². The molecule has 3 rings (SSSR count). The number of fused-ring (bicyclic) bond motifs is 1. The first-order chi connectivity index (χ1) is 12.1. The molecule has 0 aliphatic carbocycles. The number of aryl methyl sites for hydroxylation is 1. The molecule has 1 heterocycles. The first kappa shape index (κ1) is 16.6. The van der Waals surface area contributed by atoms with Gasteiger partial charge in [-0.05, 0) is 30.7 Å². The summed E-state index contributed by atoms with van der Waals surface area (Å²) in [5.74, 6) is 0.640. The summed E-state index contributed by atoms with van der Waals surface area (Å²) >= 11 is 1.34. The fourth-order valence-electron chi connectivity index (χ4n) is 2.32. The fourth-order valence-corrected chi connectivity index (χ4v) is 3.35. The lowest BCUT2D eigenvalue weighted by Crippen LogP contribution is -1.93. The van der Waals surface area contributed by atoms with Crippen LogP contribution in [0.4, 0.5) is 5.69 Å². The predicted octanol–water partition coefficient (Wildman–Crippen LogP) is 4.50. The number of non-ortho nitro benzene ring substituents is 1. The van der Waals surface area contributed by atoms with Crippen LogP contribution in [0, 0.1) is 28.4 Å². The standard InChI is InChI=1S/C18H12N4O2S/c1-12-20-16-5-3-2-4-15(16)18(21-12)25-17(10-11-19)13-6-8-14(9-7-13)22(23)24/h2-10H,1H3. The second kappa shape index (κ2) is 7.11. The molecule has 0 atom stereocenters. The quantitative estimate of drug-likeness (QED) is 0.226. The van der Waals surface area contributed by atoms with Crippen LogP contribution >= 0.6 is 11.8 Å². The SMILES string of the molecule is Cc1nc(SC(=CC#N)c2ccc([N+](=O)[O-])cc2)c2ccccc2n1. The third-order valence-corrected chi connectivity index (χ3v) is 4.52. The third-order valence-electron chi connectivity index (χ3n) is 3.44. The molecule has 25 heavy (non-hydrogen) atoms. The lowest BCUT2D eigenvalue weighted by atomic mass is 10.2. The van der Waals surface area contributed by atoms with Crippen molar-refractivity contribution < 1.29 is 4.92 Å². The summed E-state index contributed by atoms with van der Waals surface area (Å²) in [6.45, 7) is 1.82. The zero-order valence-electron chi connectivity index (χ0n) is 13.2. The molecule has 0 radical (unpaired) electrons. The van der Waals surface area contributed by atoms with Crippen LogP contribution in [0.2, 0.25) is 0 Å². The lowest BCUT2D eigenvalue weighted by Gasteiger charge is -2.09. The van der Waals surface area contributed by atoms with Crippen molar-refractivity contribution in [2.75, 3.05) is 0 Å². The van der Waals surface area contributed by atoms with Crippen LogP contribution in [-0.4, -0.2) is 14.9 Å². The van der Waals surface area contributed by atoms with Gasteiger partial charge in [-0.3, -0.25) is 10.1 Å². The van der Waals surface area contributed by atoms with Crippen molar-refractivity contribution in [3.05, 3.63) is 76.1 Å². The number of hydrogen-bond acceptors (Lipinski definition) is 6. The van der Waals surface area contributed by atoms with Crippen molar-refractivity contribution in [1.29, 1.82) is 5.26 Å². The van der Waals surface area contributed by atoms with Crippen molar-refractivity contribution in [2.45, 2.75) is 11.9 Å². The van der Waals surface area contributed by atoms with Gasteiger partial charge in [0.05, 0.1) is 16.5 Å². The van der Waals surface area contributed by atoms with E-state index in [1.807, 2.05) is 37.3 Å². The summed E-state index contributed by atoms with van der Waals surface area (Å²) in [4.78, 5) is 19.9. The van der Waals surface area contributed by atoms with Crippen LogP contribution in [-0.2, 0) is 0 Å². The molecule has 0 amide bonds. The van der Waals surface area contributed by atoms with Gasteiger partial charge in [0.2, 0.25) is 0 Å². The topological polar surface area (TPSA) is 92.7 Å². The number of hydrogen-bond donors (Lipinski definition) is 0. The van der Waals surface area contributed by atoms with Gasteiger partial charge in [0.15, 0.2) is 0 Å². The molecule has 0 saturated heterocycles. The molecule has 1 aromatic heterocycles. The maximum absolute atomic E-state index is 10.8. The van der Waals surface area contributed by atoms with Crippen molar-refractivity contribution in [3.63, 3.8) is 0 Å². The zero-order valence-corrected chi connectivity index (χ0v) is 14.0. The van der Waals surface area contributed by atoms with Crippen LogP contribution < -0.4 is 0 Å². The second-order valence-corrected chi connectivity index (χ2v) is 6.17. The van der Waals surface area contributed by atoms with Crippen molar-refractivity contribution in [2.24, 2.45) is 0 Å². The Balaban J connectivity index is 2.03. The molecule has 6 nitrogen and oxygen atoms in total. The first-order valence-electron chi connectivity index (χ1n) is 7.34. The monoisotopic (exact) mass is 348 g/mol. The van der Waals surface area contributed by atoms with E-state index in [4.69, 9.17) is 5.26 Å². The summed E-state index contributed by atoms with van der Waals surface area (Å²) in [6.07, 6.45) is 1.41. The Bertz CT molecular complexity index is 1020. The van der Waals surface area contributed by atoms with E-state index in [-0.39, 0.29) is 5.69 Å². The van der Waals surface area contributed by atoms with Crippen LogP contribution in [0.25, 0.3) is 15.8 Å². The largest absolute Gasteiger partial charge is 0.269 e. The highest BCUT2D eigenvalue weighted by Crippen LogP contribution is 2.37. The molecule has 7 heteroatoms. The molecule has 0 aliphatic heterocycles. The number of rotatable bonds is 4. The number of allylic oxidation sites excluding steroid dienone is 1. The highest BCUT2D eigenvalue weighted by Gasteiger charge is 2.12. The zero-order chi connectivity index (χ0) is 17.8. The molecule has 2 aromatic carbocycles. The van der Waals surface area contributed by atoms with Gasteiger partial charge in [-0.1, -0.05) is 30.0 Å². The average molecular weight is 348 g/mol. The predicted molar refractivity (Wildman–Crippen MR) is 96.8 cm³/mol. The molecule has 0 saturated carbocycles. The molecule has 0 unspecified atom stereocenters. The Morgan fingerprint density at radius 2 is 1.92 bits per heavy atom. The average Bonchev–Trinajstić information content (AvgIpc) is 2.61. The minimum Gasteiger partial charge on any atom is -0.258 e. The van der Waals surface area contributed by atoms with Gasteiger partial charge in [0, 0.05) is 28.5 Å². The summed E-state index contributed by atoms with van der Waals surface area (Å²) in [5.41, 5.74) is 1.56. The van der Waals surface area contributed by atoms with E-state index >= 15 is 0 Å². The number of para-hydroxylation sites is 1. The Kier molecular flexibility index (Phi) is 4.73. The maximum atomic E-state index is 10.8. The highest BCUT2D eigenvalue weighted by atomic mass is 32.2. The summed E-state index contributed by atoms with van der Waals surface area (Å²) in [5, 5.41) is 21.5. The molecular weight excluding hydrogens is 336 g/mol. The number of benzene rings is 2. The van der Waals surface area contributed by atoms with E-state index in [1.165, 1.54) is 30.0 Å². The van der Waals surface area contributed by atoms with Gasteiger partial charge in [0.25, 0.3) is 5.69 Å². The lowest BCUT2D eigenvalue weighted by molar-refractivity contribution is -0.384. The van der Waals surface area contributed by atoms with E-state index in [2.05, 4.69) is 9.97 Å². The van der Waals surface area contributed by atoms with Crippen LogP contribution in [0.1, 0.15) is 11.4 Å². The summed E-state index contributed by atoms with van der Waals surface area (Å²) in [6, 6.07) is 15.8. The molecule has 0 fully saturated rings. The van der Waals surface area contributed by atoms with E-state index in [0.29, 0.717) is 10.7 Å². The Labute approximate surface area is 148 Å². The van der Waals surface area contributed by atoms with Crippen LogP contribution in [0.5, 0.6) is 0 Å². The second-order valence-electron chi connectivity index (χ2n) is 5.14. The van der Waals surface area contributed by atoms with Crippen LogP contribution in [0.15, 0.2) is 59.6 Å². The van der Waals surface area contributed by atoms with Crippen molar-refractivity contribution >= 4 is 33.3 Å².